The Balaban J connectivity index is 1.28. The second kappa shape index (κ2) is 12.7. The number of imidazole rings is 1. The molecular formula is C57H47N3O+2. The molecular weight excluding hydrogens is 743 g/mol. The molecule has 12 rings (SSSR count). The van der Waals surface area contributed by atoms with Crippen LogP contribution < -0.4 is 13.9 Å². The van der Waals surface area contributed by atoms with Crippen LogP contribution in [0.3, 0.4) is 0 Å². The SMILES string of the molecule is [2H]c1c([2H])c(C([2H])([2H])[2H])c([2H])c([2H])c1-c1c([2H])c([2H])[n+]2c(c1[2H])-c1cc(C(C)(C)C)cc3c1C21Oc2ccccc2-c2n(-c4cc(-c5ccccc5)c(C([2H])(C)C)cc4-c4ccccc4)c4cccc-3c4[n+]21. The van der Waals surface area contributed by atoms with Gasteiger partial charge in [-0.2, -0.15) is 4.57 Å². The lowest BCUT2D eigenvalue weighted by molar-refractivity contribution is -0.997. The molecule has 4 heteroatoms. The van der Waals surface area contributed by atoms with Crippen molar-refractivity contribution >= 4 is 11.0 Å². The van der Waals surface area contributed by atoms with Gasteiger partial charge in [-0.15, -0.1) is 9.13 Å². The third-order valence-electron chi connectivity index (χ3n) is 12.5. The van der Waals surface area contributed by atoms with Crippen LogP contribution in [0.25, 0.3) is 83.9 Å². The van der Waals surface area contributed by atoms with Gasteiger partial charge in [0.05, 0.1) is 13.8 Å². The molecule has 0 radical (unpaired) electrons. The van der Waals surface area contributed by atoms with Gasteiger partial charge in [-0.05, 0) is 106 Å². The van der Waals surface area contributed by atoms with Crippen LogP contribution in [-0.2, 0) is 11.3 Å². The Morgan fingerprint density at radius 1 is 0.672 bits per heavy atom. The fourth-order valence-electron chi connectivity index (χ4n) is 9.69. The Bertz CT molecular complexity index is 3840. The molecule has 0 aliphatic carbocycles. The van der Waals surface area contributed by atoms with E-state index in [4.69, 9.17) is 14.3 Å². The van der Waals surface area contributed by atoms with Crippen LogP contribution in [0, 0.1) is 6.85 Å². The summed E-state index contributed by atoms with van der Waals surface area (Å²) < 4.78 is 113. The van der Waals surface area contributed by atoms with Crippen molar-refractivity contribution < 1.29 is 28.9 Å². The summed E-state index contributed by atoms with van der Waals surface area (Å²) in [7, 11) is 0. The van der Waals surface area contributed by atoms with E-state index in [1.165, 1.54) is 0 Å². The van der Waals surface area contributed by atoms with E-state index in [0.29, 0.717) is 22.7 Å². The highest BCUT2D eigenvalue weighted by molar-refractivity contribution is 5.99. The lowest BCUT2D eigenvalue weighted by atomic mass is 9.80. The number of rotatable bonds is 5. The zero-order chi connectivity index (χ0) is 50.9. The Morgan fingerprint density at radius 3 is 2.08 bits per heavy atom. The molecule has 294 valence electrons. The fraction of sp³-hybridized carbons (Fsp3) is 0.158. The summed E-state index contributed by atoms with van der Waals surface area (Å²) in [5.41, 5.74) is 9.46. The monoisotopic (exact) mass is 800 g/mol. The van der Waals surface area contributed by atoms with Gasteiger partial charge in [0.1, 0.15) is 23.9 Å². The molecule has 0 N–H and O–H groups in total. The summed E-state index contributed by atoms with van der Waals surface area (Å²) in [5.74, 6) is -1.65. The van der Waals surface area contributed by atoms with E-state index < -0.39 is 71.5 Å². The van der Waals surface area contributed by atoms with Gasteiger partial charge < -0.3 is 4.74 Å². The molecule has 0 fully saturated rings. The second-order valence-electron chi connectivity index (χ2n) is 17.4. The molecule has 0 amide bonds. The Kier molecular flexibility index (Phi) is 5.48. The van der Waals surface area contributed by atoms with Crippen molar-refractivity contribution in [1.29, 1.82) is 0 Å². The van der Waals surface area contributed by atoms with Gasteiger partial charge in [-0.1, -0.05) is 143 Å². The lowest BCUT2D eigenvalue weighted by Gasteiger charge is -2.33. The molecule has 61 heavy (non-hydrogen) atoms. The molecule has 1 spiro atoms. The standard InChI is InChI=1S/C57H47N3O/c1-35(2)44-33-46(39-18-11-8-12-19-39)51(34-45(44)38-16-9-7-10-17-38)59-49-22-15-21-42-47-31-41(56(4,5)6)32-48-50-30-40(37-26-24-36(3)25-27-37)28-29-58(50)57(53(47)48)60(54(42)49)55(59)43-20-13-14-23-52(43)61-57/h7-35H,1-6H3/q+2/i3D3,24D,25D,26D,27D,28D,29D,30D,35D. The molecule has 3 aliphatic rings. The zero-order valence-corrected chi connectivity index (χ0v) is 34.4. The Morgan fingerprint density at radius 2 is 1.36 bits per heavy atom. The highest BCUT2D eigenvalue weighted by Gasteiger charge is 2.68. The number of pyridine rings is 1. The summed E-state index contributed by atoms with van der Waals surface area (Å²) in [4.78, 5) is 0. The van der Waals surface area contributed by atoms with E-state index in [1.54, 1.807) is 4.57 Å². The van der Waals surface area contributed by atoms with Crippen molar-refractivity contribution in [2.45, 2.75) is 58.6 Å². The van der Waals surface area contributed by atoms with E-state index in [1.807, 2.05) is 86.6 Å². The van der Waals surface area contributed by atoms with Gasteiger partial charge in [0, 0.05) is 34.3 Å². The van der Waals surface area contributed by atoms with E-state index in [-0.39, 0.29) is 17.3 Å². The number of hydrogen-bond acceptors (Lipinski definition) is 1. The molecule has 4 nitrogen and oxygen atoms in total. The van der Waals surface area contributed by atoms with E-state index in [2.05, 4.69) is 84.5 Å². The highest BCUT2D eigenvalue weighted by Crippen LogP contribution is 2.55. The average molecular weight is 801 g/mol. The summed E-state index contributed by atoms with van der Waals surface area (Å²) in [6, 6.07) is 38.6. The maximum absolute atomic E-state index is 10.2. The quantitative estimate of drug-likeness (QED) is 0.159. The molecule has 7 aromatic carbocycles. The lowest BCUT2D eigenvalue weighted by Crippen LogP contribution is -2.78. The van der Waals surface area contributed by atoms with Gasteiger partial charge in [0.25, 0.3) is 0 Å². The van der Waals surface area contributed by atoms with Crippen molar-refractivity contribution in [3.63, 3.8) is 0 Å². The molecule has 0 bridgehead atoms. The van der Waals surface area contributed by atoms with Crippen molar-refractivity contribution in [2.75, 3.05) is 0 Å². The maximum Gasteiger partial charge on any atom is 0.499 e. The van der Waals surface area contributed by atoms with Crippen molar-refractivity contribution in [2.24, 2.45) is 0 Å². The van der Waals surface area contributed by atoms with Crippen LogP contribution in [-0.4, -0.2) is 4.57 Å². The van der Waals surface area contributed by atoms with Crippen LogP contribution in [0.5, 0.6) is 5.75 Å². The minimum Gasteiger partial charge on any atom is -0.392 e. The van der Waals surface area contributed by atoms with Gasteiger partial charge >= 0.3 is 11.7 Å². The number of fused-ring (bicyclic) bond motifs is 5. The predicted octanol–water partition coefficient (Wildman–Crippen LogP) is 13.2. The first-order chi connectivity index (χ1) is 34.1. The van der Waals surface area contributed by atoms with Gasteiger partial charge in [0.15, 0.2) is 17.2 Å². The normalized spacial score (nSPS) is 18.3. The second-order valence-corrected chi connectivity index (χ2v) is 17.4. The molecule has 2 aromatic heterocycles. The molecule has 5 heterocycles. The average Bonchev–Trinajstić information content (AvgIpc) is 3.85. The van der Waals surface area contributed by atoms with Gasteiger partial charge in [0.2, 0.25) is 5.69 Å². The van der Waals surface area contributed by atoms with Gasteiger partial charge in [-0.25, -0.2) is 0 Å². The molecule has 9 aromatic rings. The summed E-state index contributed by atoms with van der Waals surface area (Å²) >= 11 is 0. The molecule has 0 saturated heterocycles. The maximum atomic E-state index is 10.2. The summed E-state index contributed by atoms with van der Waals surface area (Å²) in [5, 5.41) is 0. The fourth-order valence-corrected chi connectivity index (χ4v) is 9.69. The van der Waals surface area contributed by atoms with Crippen LogP contribution >= 0.6 is 0 Å². The van der Waals surface area contributed by atoms with E-state index in [0.717, 1.165) is 66.8 Å². The largest absolute Gasteiger partial charge is 0.499 e. The number of hydrogen-bond donors (Lipinski definition) is 0. The van der Waals surface area contributed by atoms with Crippen LogP contribution in [0.15, 0.2) is 170 Å². The highest BCUT2D eigenvalue weighted by atomic mass is 16.5. The number of benzene rings is 7. The number of ether oxygens (including phenoxy) is 1. The van der Waals surface area contributed by atoms with Gasteiger partial charge in [-0.3, -0.25) is 0 Å². The smallest absolute Gasteiger partial charge is 0.392 e. The third kappa shape index (κ3) is 4.99. The summed E-state index contributed by atoms with van der Waals surface area (Å²) in [6.45, 7) is 7.10. The number of aromatic nitrogens is 3. The summed E-state index contributed by atoms with van der Waals surface area (Å²) in [6.07, 6.45) is -0.427. The minimum atomic E-state index is -2.98. The number of para-hydroxylation sites is 2. The topological polar surface area (TPSA) is 21.9 Å². The Hall–Kier alpha value is -7.04. The number of nitrogens with zero attached hydrogens (tertiary/aromatic N) is 3. The molecule has 0 saturated carbocycles. The third-order valence-corrected chi connectivity index (χ3v) is 12.5. The van der Waals surface area contributed by atoms with Crippen LogP contribution in [0.4, 0.5) is 0 Å². The minimum absolute atomic E-state index is 0.162. The first kappa shape index (κ1) is 26.2. The first-order valence-corrected chi connectivity index (χ1v) is 20.6. The van der Waals surface area contributed by atoms with E-state index in [9.17, 15) is 5.48 Å². The van der Waals surface area contributed by atoms with Crippen molar-refractivity contribution in [3.05, 3.63) is 192 Å². The molecule has 1 atom stereocenters. The van der Waals surface area contributed by atoms with Crippen LogP contribution in [0.2, 0.25) is 0 Å². The predicted molar refractivity (Wildman–Crippen MR) is 247 cm³/mol. The van der Waals surface area contributed by atoms with Crippen molar-refractivity contribution in [3.8, 4) is 78.6 Å². The molecule has 1 unspecified atom stereocenters. The first-order valence-electron chi connectivity index (χ1n) is 26.1. The Labute approximate surface area is 373 Å². The van der Waals surface area contributed by atoms with E-state index >= 15 is 0 Å². The zero-order valence-electron chi connectivity index (χ0n) is 45.4. The molecule has 3 aliphatic heterocycles. The van der Waals surface area contributed by atoms with Crippen molar-refractivity contribution in [1.82, 2.24) is 4.57 Å². The van der Waals surface area contributed by atoms with Crippen LogP contribution in [0.1, 0.15) is 77.8 Å².